The van der Waals surface area contributed by atoms with Crippen LogP contribution in [-0.4, -0.2) is 20.5 Å². The van der Waals surface area contributed by atoms with E-state index in [0.29, 0.717) is 17.0 Å². The van der Waals surface area contributed by atoms with Gasteiger partial charge in [-0.1, -0.05) is 60.1 Å². The van der Waals surface area contributed by atoms with E-state index in [-0.39, 0.29) is 5.91 Å². The fourth-order valence-corrected chi connectivity index (χ4v) is 3.02. The van der Waals surface area contributed by atoms with E-state index in [1.165, 1.54) is 0 Å². The Kier molecular flexibility index (Phi) is 6.21. The molecular weight excluding hydrogens is 416 g/mol. The minimum atomic E-state index is -0.204. The number of aryl methyl sites for hydroxylation is 1. The number of aromatic nitrogens is 3. The number of carbonyl (C=O) groups is 1. The highest BCUT2D eigenvalue weighted by atomic mass is 79.9. The maximum Gasteiger partial charge on any atom is 0.256 e. The lowest BCUT2D eigenvalue weighted by molar-refractivity contribution is 0.102. The summed E-state index contributed by atoms with van der Waals surface area (Å²) in [6.45, 7) is 5.92. The van der Waals surface area contributed by atoms with Crippen molar-refractivity contribution in [2.75, 3.05) is 5.32 Å². The third-order valence-corrected chi connectivity index (χ3v) is 4.50. The quantitative estimate of drug-likeness (QED) is 0.444. The van der Waals surface area contributed by atoms with Gasteiger partial charge in [0.15, 0.2) is 5.65 Å². The van der Waals surface area contributed by atoms with E-state index in [1.54, 1.807) is 16.6 Å². The zero-order valence-corrected chi connectivity index (χ0v) is 17.6. The lowest BCUT2D eigenvalue weighted by Gasteiger charge is -2.09. The minimum absolute atomic E-state index is 0.204. The number of halogens is 1. The van der Waals surface area contributed by atoms with Crippen LogP contribution in [0.25, 0.3) is 16.9 Å². The molecule has 28 heavy (non-hydrogen) atoms. The van der Waals surface area contributed by atoms with Gasteiger partial charge in [0, 0.05) is 27.7 Å². The Hall–Kier alpha value is -2.99. The number of nitrogens with one attached hydrogen (secondary N) is 1. The predicted octanol–water partition coefficient (Wildman–Crippen LogP) is 5.75. The number of hydrogen-bond acceptors (Lipinski definition) is 3. The van der Waals surface area contributed by atoms with Crippen molar-refractivity contribution in [2.45, 2.75) is 20.8 Å². The van der Waals surface area contributed by atoms with Crippen LogP contribution in [-0.2, 0) is 0 Å². The summed E-state index contributed by atoms with van der Waals surface area (Å²) in [7, 11) is 0. The molecule has 0 fully saturated rings. The average Bonchev–Trinajstić information content (AvgIpc) is 3.10. The molecule has 4 aromatic rings. The maximum absolute atomic E-state index is 12.5. The first-order chi connectivity index (χ1) is 13.6. The van der Waals surface area contributed by atoms with Gasteiger partial charge in [-0.2, -0.15) is 5.10 Å². The van der Waals surface area contributed by atoms with E-state index in [2.05, 4.69) is 31.3 Å². The topological polar surface area (TPSA) is 59.3 Å². The van der Waals surface area contributed by atoms with E-state index < -0.39 is 0 Å². The molecule has 142 valence electrons. The van der Waals surface area contributed by atoms with Gasteiger partial charge in [0.25, 0.3) is 5.91 Å². The molecule has 0 aliphatic heterocycles. The summed E-state index contributed by atoms with van der Waals surface area (Å²) in [5, 5.41) is 7.40. The summed E-state index contributed by atoms with van der Waals surface area (Å²) >= 11 is 3.37. The van der Waals surface area contributed by atoms with Crippen LogP contribution in [0.1, 0.15) is 29.9 Å². The highest BCUT2D eigenvalue weighted by Gasteiger charge is 2.13. The Bertz CT molecular complexity index is 1090. The normalized spacial score (nSPS) is 10.3. The first-order valence-corrected chi connectivity index (χ1v) is 9.89. The molecule has 0 unspecified atom stereocenters. The highest BCUT2D eigenvalue weighted by molar-refractivity contribution is 9.10. The van der Waals surface area contributed by atoms with Crippen LogP contribution < -0.4 is 5.32 Å². The molecule has 5 nitrogen and oxygen atoms in total. The Morgan fingerprint density at radius 3 is 2.36 bits per heavy atom. The van der Waals surface area contributed by atoms with Crippen LogP contribution in [0, 0.1) is 6.92 Å². The molecule has 0 spiro atoms. The molecule has 0 aliphatic rings. The zero-order valence-electron chi connectivity index (χ0n) is 16.0. The maximum atomic E-state index is 12.5. The minimum Gasteiger partial charge on any atom is -0.306 e. The number of amides is 1. The fraction of sp³-hybridized carbons (Fsp3) is 0.136. The molecule has 1 amide bonds. The van der Waals surface area contributed by atoms with Crippen LogP contribution in [0.5, 0.6) is 0 Å². The van der Waals surface area contributed by atoms with Gasteiger partial charge in [0.2, 0.25) is 0 Å². The highest BCUT2D eigenvalue weighted by Crippen LogP contribution is 2.23. The Morgan fingerprint density at radius 2 is 1.68 bits per heavy atom. The second-order valence-electron chi connectivity index (χ2n) is 5.91. The molecular formula is C22H21BrN4O. The third-order valence-electron chi connectivity index (χ3n) is 3.97. The van der Waals surface area contributed by atoms with Crippen molar-refractivity contribution in [1.82, 2.24) is 14.6 Å². The van der Waals surface area contributed by atoms with Crippen molar-refractivity contribution in [2.24, 2.45) is 0 Å². The summed E-state index contributed by atoms with van der Waals surface area (Å²) in [5.74, 6) is 0.286. The molecule has 4 rings (SSSR count). The molecule has 2 aromatic carbocycles. The predicted molar refractivity (Wildman–Crippen MR) is 117 cm³/mol. The van der Waals surface area contributed by atoms with Gasteiger partial charge in [0.05, 0.1) is 11.4 Å². The lowest BCUT2D eigenvalue weighted by atomic mass is 10.1. The first kappa shape index (κ1) is 19.8. The monoisotopic (exact) mass is 436 g/mol. The standard InChI is InChI=1S/C20H15BrN4O.C2H6/c1-13-11-19-22-18(23-20(26)15-7-9-16(21)10-8-15)12-17(25(19)24-13)14-5-3-2-4-6-14;1-2/h2-12H,1H3,(H,22,23,26);1-2H3. The number of benzene rings is 2. The number of hydrogen-bond donors (Lipinski definition) is 1. The number of nitrogens with zero attached hydrogens (tertiary/aromatic N) is 3. The van der Waals surface area contributed by atoms with Crippen molar-refractivity contribution in [3.05, 3.63) is 82.5 Å². The van der Waals surface area contributed by atoms with Crippen LogP contribution in [0.3, 0.4) is 0 Å². The SMILES string of the molecule is CC.Cc1cc2nc(NC(=O)c3ccc(Br)cc3)cc(-c3ccccc3)n2n1. The van der Waals surface area contributed by atoms with Gasteiger partial charge in [-0.25, -0.2) is 9.50 Å². The van der Waals surface area contributed by atoms with E-state index in [4.69, 9.17) is 0 Å². The molecule has 0 saturated heterocycles. The van der Waals surface area contributed by atoms with Crippen molar-refractivity contribution < 1.29 is 4.79 Å². The molecule has 0 saturated carbocycles. The van der Waals surface area contributed by atoms with Crippen molar-refractivity contribution in [3.8, 4) is 11.3 Å². The van der Waals surface area contributed by atoms with Crippen LogP contribution >= 0.6 is 15.9 Å². The van der Waals surface area contributed by atoms with Gasteiger partial charge in [0.1, 0.15) is 5.82 Å². The molecule has 0 bridgehead atoms. The third kappa shape index (κ3) is 4.28. The molecule has 0 aliphatic carbocycles. The molecule has 0 atom stereocenters. The van der Waals surface area contributed by atoms with Crippen LogP contribution in [0.2, 0.25) is 0 Å². The van der Waals surface area contributed by atoms with Gasteiger partial charge < -0.3 is 5.32 Å². The smallest absolute Gasteiger partial charge is 0.256 e. The van der Waals surface area contributed by atoms with E-state index in [9.17, 15) is 4.79 Å². The molecule has 2 aromatic heterocycles. The van der Waals surface area contributed by atoms with Gasteiger partial charge in [-0.15, -0.1) is 0 Å². The zero-order chi connectivity index (χ0) is 20.1. The fourth-order valence-electron chi connectivity index (χ4n) is 2.76. The summed E-state index contributed by atoms with van der Waals surface area (Å²) in [5.41, 5.74) is 4.00. The summed E-state index contributed by atoms with van der Waals surface area (Å²) in [6, 6.07) is 20.8. The summed E-state index contributed by atoms with van der Waals surface area (Å²) in [6.07, 6.45) is 0. The largest absolute Gasteiger partial charge is 0.306 e. The second kappa shape index (κ2) is 8.80. The first-order valence-electron chi connectivity index (χ1n) is 9.10. The van der Waals surface area contributed by atoms with Crippen molar-refractivity contribution in [1.29, 1.82) is 0 Å². The average molecular weight is 437 g/mol. The second-order valence-corrected chi connectivity index (χ2v) is 6.83. The molecule has 1 N–H and O–H groups in total. The van der Waals surface area contributed by atoms with Gasteiger partial charge >= 0.3 is 0 Å². The Labute approximate surface area is 172 Å². The number of anilines is 1. The number of carbonyl (C=O) groups excluding carboxylic acids is 1. The van der Waals surface area contributed by atoms with E-state index >= 15 is 0 Å². The van der Waals surface area contributed by atoms with Crippen molar-refractivity contribution >= 4 is 33.3 Å². The van der Waals surface area contributed by atoms with Gasteiger partial charge in [-0.3, -0.25) is 4.79 Å². The number of fused-ring (bicyclic) bond motifs is 1. The molecule has 0 radical (unpaired) electrons. The van der Waals surface area contributed by atoms with E-state index in [1.807, 2.05) is 75.4 Å². The van der Waals surface area contributed by atoms with Gasteiger partial charge in [-0.05, 0) is 31.2 Å². The Balaban J connectivity index is 0.00000109. The molecule has 6 heteroatoms. The Morgan fingerprint density at radius 1 is 1.00 bits per heavy atom. The lowest BCUT2D eigenvalue weighted by Crippen LogP contribution is -2.13. The van der Waals surface area contributed by atoms with E-state index in [0.717, 1.165) is 21.4 Å². The molecule has 2 heterocycles. The summed E-state index contributed by atoms with van der Waals surface area (Å²) < 4.78 is 2.72. The summed E-state index contributed by atoms with van der Waals surface area (Å²) in [4.78, 5) is 17.1. The van der Waals surface area contributed by atoms with Crippen LogP contribution in [0.15, 0.2) is 71.2 Å². The number of rotatable bonds is 3. The van der Waals surface area contributed by atoms with Crippen molar-refractivity contribution in [3.63, 3.8) is 0 Å². The van der Waals surface area contributed by atoms with Crippen LogP contribution in [0.4, 0.5) is 5.82 Å².